The first-order valence-electron chi connectivity index (χ1n) is 7.68. The molecule has 0 spiro atoms. The van der Waals surface area contributed by atoms with Gasteiger partial charge >= 0.3 is 0 Å². The van der Waals surface area contributed by atoms with E-state index >= 15 is 0 Å². The standard InChI is InChI=1S/C17H21N3O2S/c1-11-8-12(2)17(13(3)9-11)23(21,22)20-15-6-7-16(18-10-15)19-14-4-5-14/h6-10,14,20H,4-5H2,1-3H3,(H,18,19). The fraction of sp³-hybridized carbons (Fsp3) is 0.353. The molecule has 1 aliphatic rings. The fourth-order valence-corrected chi connectivity index (χ4v) is 4.27. The number of benzene rings is 1. The summed E-state index contributed by atoms with van der Waals surface area (Å²) in [7, 11) is -3.63. The van der Waals surface area contributed by atoms with Gasteiger partial charge in [0.2, 0.25) is 0 Å². The number of pyridine rings is 1. The smallest absolute Gasteiger partial charge is 0.262 e. The Morgan fingerprint density at radius 2 is 1.74 bits per heavy atom. The number of sulfonamides is 1. The van der Waals surface area contributed by atoms with E-state index < -0.39 is 10.0 Å². The van der Waals surface area contributed by atoms with Gasteiger partial charge in [0, 0.05) is 6.04 Å². The normalized spacial score (nSPS) is 14.6. The van der Waals surface area contributed by atoms with E-state index in [1.165, 1.54) is 12.8 Å². The highest BCUT2D eigenvalue weighted by Gasteiger charge is 2.22. The van der Waals surface area contributed by atoms with Crippen molar-refractivity contribution in [1.29, 1.82) is 0 Å². The van der Waals surface area contributed by atoms with Crippen molar-refractivity contribution in [1.82, 2.24) is 4.98 Å². The average Bonchev–Trinajstić information content (AvgIpc) is 3.23. The van der Waals surface area contributed by atoms with Gasteiger partial charge in [-0.2, -0.15) is 0 Å². The quantitative estimate of drug-likeness (QED) is 0.881. The molecule has 1 heterocycles. The molecule has 1 fully saturated rings. The minimum atomic E-state index is -3.63. The van der Waals surface area contributed by atoms with Gasteiger partial charge in [0.05, 0.1) is 16.8 Å². The van der Waals surface area contributed by atoms with Crippen LogP contribution in [0.3, 0.4) is 0 Å². The molecule has 0 unspecified atom stereocenters. The van der Waals surface area contributed by atoms with Crippen molar-refractivity contribution in [3.8, 4) is 0 Å². The number of hydrogen-bond acceptors (Lipinski definition) is 4. The summed E-state index contributed by atoms with van der Waals surface area (Å²) in [5, 5.41) is 3.27. The summed E-state index contributed by atoms with van der Waals surface area (Å²) in [6, 6.07) is 7.80. The molecular formula is C17H21N3O2S. The largest absolute Gasteiger partial charge is 0.367 e. The van der Waals surface area contributed by atoms with Gasteiger partial charge in [0.1, 0.15) is 5.82 Å². The molecule has 2 aromatic rings. The maximum atomic E-state index is 12.7. The monoisotopic (exact) mass is 331 g/mol. The summed E-state index contributed by atoms with van der Waals surface area (Å²) in [5.41, 5.74) is 3.01. The molecule has 1 aromatic heterocycles. The van der Waals surface area contributed by atoms with Gasteiger partial charge in [-0.15, -0.1) is 0 Å². The van der Waals surface area contributed by atoms with Crippen LogP contribution in [0.1, 0.15) is 29.5 Å². The first kappa shape index (κ1) is 15.8. The minimum Gasteiger partial charge on any atom is -0.367 e. The zero-order valence-corrected chi connectivity index (χ0v) is 14.4. The van der Waals surface area contributed by atoms with Crippen molar-refractivity contribution in [2.24, 2.45) is 0 Å². The average molecular weight is 331 g/mol. The van der Waals surface area contributed by atoms with E-state index in [0.717, 1.165) is 22.5 Å². The van der Waals surface area contributed by atoms with Crippen LogP contribution in [-0.2, 0) is 10.0 Å². The van der Waals surface area contributed by atoms with Crippen LogP contribution in [0, 0.1) is 20.8 Å². The van der Waals surface area contributed by atoms with Crippen molar-refractivity contribution < 1.29 is 8.42 Å². The Kier molecular flexibility index (Phi) is 4.02. The SMILES string of the molecule is Cc1cc(C)c(S(=O)(=O)Nc2ccc(NC3CC3)nc2)c(C)c1. The minimum absolute atomic E-state index is 0.336. The number of aromatic nitrogens is 1. The van der Waals surface area contributed by atoms with Gasteiger partial charge in [-0.1, -0.05) is 17.7 Å². The molecule has 1 aliphatic carbocycles. The van der Waals surface area contributed by atoms with E-state index in [1.54, 1.807) is 18.3 Å². The van der Waals surface area contributed by atoms with E-state index in [9.17, 15) is 8.42 Å². The van der Waals surface area contributed by atoms with Crippen LogP contribution in [0.2, 0.25) is 0 Å². The van der Waals surface area contributed by atoms with E-state index in [0.29, 0.717) is 16.6 Å². The Hall–Kier alpha value is -2.08. The lowest BCUT2D eigenvalue weighted by Gasteiger charge is -2.14. The highest BCUT2D eigenvalue weighted by molar-refractivity contribution is 7.92. The van der Waals surface area contributed by atoms with Gasteiger partial charge in [0.25, 0.3) is 10.0 Å². The van der Waals surface area contributed by atoms with Crippen LogP contribution in [0.4, 0.5) is 11.5 Å². The predicted molar refractivity (Wildman–Crippen MR) is 92.3 cm³/mol. The molecule has 0 aliphatic heterocycles. The second-order valence-corrected chi connectivity index (χ2v) is 7.80. The molecule has 1 aromatic carbocycles. The topological polar surface area (TPSA) is 71.1 Å². The lowest BCUT2D eigenvalue weighted by molar-refractivity contribution is 0.600. The Labute approximate surface area is 137 Å². The number of nitrogens with one attached hydrogen (secondary N) is 2. The Morgan fingerprint density at radius 1 is 1.09 bits per heavy atom. The molecule has 0 bridgehead atoms. The maximum Gasteiger partial charge on any atom is 0.262 e. The van der Waals surface area contributed by atoms with Gasteiger partial charge in [0.15, 0.2) is 0 Å². The number of anilines is 2. The molecule has 1 saturated carbocycles. The van der Waals surface area contributed by atoms with Crippen LogP contribution >= 0.6 is 0 Å². The van der Waals surface area contributed by atoms with Crippen LogP contribution in [0.5, 0.6) is 0 Å². The number of hydrogen-bond donors (Lipinski definition) is 2. The zero-order chi connectivity index (χ0) is 16.6. The van der Waals surface area contributed by atoms with Crippen LogP contribution in [-0.4, -0.2) is 19.4 Å². The van der Waals surface area contributed by atoms with Gasteiger partial charge in [-0.05, 0) is 56.9 Å². The molecule has 0 radical (unpaired) electrons. The fourth-order valence-electron chi connectivity index (χ4n) is 2.77. The van der Waals surface area contributed by atoms with E-state index in [2.05, 4.69) is 15.0 Å². The second-order valence-electron chi connectivity index (χ2n) is 6.18. The van der Waals surface area contributed by atoms with Crippen LogP contribution in [0.15, 0.2) is 35.4 Å². The summed E-state index contributed by atoms with van der Waals surface area (Å²) in [6.07, 6.45) is 3.88. The number of rotatable bonds is 5. The van der Waals surface area contributed by atoms with Crippen molar-refractivity contribution >= 4 is 21.5 Å². The zero-order valence-electron chi connectivity index (χ0n) is 13.6. The lowest BCUT2D eigenvalue weighted by atomic mass is 10.1. The predicted octanol–water partition coefficient (Wildman–Crippen LogP) is 3.38. The summed E-state index contributed by atoms with van der Waals surface area (Å²) >= 11 is 0. The third-order valence-corrected chi connectivity index (χ3v) is 5.50. The Bertz CT molecular complexity index is 802. The van der Waals surface area contributed by atoms with Crippen molar-refractivity contribution in [3.63, 3.8) is 0 Å². The molecule has 23 heavy (non-hydrogen) atoms. The third-order valence-electron chi connectivity index (χ3n) is 3.82. The first-order valence-corrected chi connectivity index (χ1v) is 9.17. The van der Waals surface area contributed by atoms with Crippen molar-refractivity contribution in [2.45, 2.75) is 44.6 Å². The van der Waals surface area contributed by atoms with Crippen LogP contribution < -0.4 is 10.0 Å². The molecule has 0 atom stereocenters. The van der Waals surface area contributed by atoms with Crippen molar-refractivity contribution in [3.05, 3.63) is 47.2 Å². The van der Waals surface area contributed by atoms with E-state index in [1.807, 2.05) is 32.9 Å². The molecule has 0 amide bonds. The highest BCUT2D eigenvalue weighted by Crippen LogP contribution is 2.26. The number of nitrogens with zero attached hydrogens (tertiary/aromatic N) is 1. The Balaban J connectivity index is 1.83. The van der Waals surface area contributed by atoms with Gasteiger partial charge in [-0.25, -0.2) is 13.4 Å². The number of aryl methyl sites for hydroxylation is 3. The molecular weight excluding hydrogens is 310 g/mol. The lowest BCUT2D eigenvalue weighted by Crippen LogP contribution is -2.16. The van der Waals surface area contributed by atoms with E-state index in [4.69, 9.17) is 0 Å². The molecule has 0 saturated heterocycles. The molecule has 2 N–H and O–H groups in total. The maximum absolute atomic E-state index is 12.7. The highest BCUT2D eigenvalue weighted by atomic mass is 32.2. The third kappa shape index (κ3) is 3.64. The van der Waals surface area contributed by atoms with Gasteiger partial charge in [-0.3, -0.25) is 4.72 Å². The molecule has 122 valence electrons. The summed E-state index contributed by atoms with van der Waals surface area (Å²) < 4.78 is 28.0. The van der Waals surface area contributed by atoms with Crippen molar-refractivity contribution in [2.75, 3.05) is 10.0 Å². The summed E-state index contributed by atoms with van der Waals surface area (Å²) in [6.45, 7) is 5.59. The van der Waals surface area contributed by atoms with Gasteiger partial charge < -0.3 is 5.32 Å². The Morgan fingerprint density at radius 3 is 2.26 bits per heavy atom. The van der Waals surface area contributed by atoms with E-state index in [-0.39, 0.29) is 0 Å². The second kappa shape index (κ2) is 5.85. The molecule has 3 rings (SSSR count). The first-order chi connectivity index (χ1) is 10.8. The molecule has 5 nitrogen and oxygen atoms in total. The van der Waals surface area contributed by atoms with Crippen LogP contribution in [0.25, 0.3) is 0 Å². The summed E-state index contributed by atoms with van der Waals surface area (Å²) in [5.74, 6) is 0.776. The summed E-state index contributed by atoms with van der Waals surface area (Å²) in [4.78, 5) is 4.59. The molecule has 6 heteroatoms.